The second-order valence-electron chi connectivity index (χ2n) is 3.06. The van der Waals surface area contributed by atoms with E-state index >= 15 is 0 Å². The van der Waals surface area contributed by atoms with Gasteiger partial charge in [-0.3, -0.25) is 9.59 Å². The number of carbonyl (C=O) groups is 2. The molecule has 5 heteroatoms. The van der Waals surface area contributed by atoms with Crippen LogP contribution in [0.3, 0.4) is 0 Å². The Kier molecular flexibility index (Phi) is 17.0. The Morgan fingerprint density at radius 2 is 0.842 bits per heavy atom. The van der Waals surface area contributed by atoms with Crippen LogP contribution in [0.1, 0.15) is 20.7 Å². The van der Waals surface area contributed by atoms with E-state index in [2.05, 4.69) is 0 Å². The number of hydrogen-bond acceptors (Lipinski definition) is 3. The molecule has 0 atom stereocenters. The molecular formula is C14H17Cl2NO2. The third kappa shape index (κ3) is 9.97. The summed E-state index contributed by atoms with van der Waals surface area (Å²) in [7, 11) is 0. The van der Waals surface area contributed by atoms with Gasteiger partial charge in [0.2, 0.25) is 0 Å². The first-order chi connectivity index (χ1) is 7.86. The van der Waals surface area contributed by atoms with E-state index < -0.39 is 0 Å². The molecule has 2 aromatic carbocycles. The van der Waals surface area contributed by atoms with E-state index in [1.807, 2.05) is 36.4 Å². The van der Waals surface area contributed by atoms with Crippen molar-refractivity contribution in [2.45, 2.75) is 0 Å². The molecule has 19 heavy (non-hydrogen) atoms. The van der Waals surface area contributed by atoms with Crippen LogP contribution in [0.15, 0.2) is 60.7 Å². The Labute approximate surface area is 125 Å². The molecule has 0 aromatic heterocycles. The topological polar surface area (TPSA) is 69.1 Å². The van der Waals surface area contributed by atoms with Crippen molar-refractivity contribution in [2.24, 2.45) is 0 Å². The van der Waals surface area contributed by atoms with Crippen LogP contribution in [0.5, 0.6) is 0 Å². The monoisotopic (exact) mass is 301 g/mol. The Balaban J connectivity index is -0.000000233. The normalized spacial score (nSPS) is 7.16. The fraction of sp³-hybridized carbons (Fsp3) is 0. The van der Waals surface area contributed by atoms with E-state index in [0.717, 1.165) is 23.7 Å². The van der Waals surface area contributed by atoms with Crippen molar-refractivity contribution in [3.63, 3.8) is 0 Å². The highest BCUT2D eigenvalue weighted by Gasteiger charge is 1.80. The van der Waals surface area contributed by atoms with Gasteiger partial charge >= 0.3 is 0 Å². The first kappa shape index (κ1) is 22.5. The molecule has 0 spiro atoms. The van der Waals surface area contributed by atoms with E-state index in [0.29, 0.717) is 0 Å². The molecular weight excluding hydrogens is 285 g/mol. The number of rotatable bonds is 2. The van der Waals surface area contributed by atoms with Gasteiger partial charge in [0.25, 0.3) is 0 Å². The van der Waals surface area contributed by atoms with Crippen molar-refractivity contribution in [2.75, 3.05) is 0 Å². The predicted molar refractivity (Wildman–Crippen MR) is 83.2 cm³/mol. The van der Waals surface area contributed by atoms with Crippen molar-refractivity contribution in [1.29, 1.82) is 0 Å². The van der Waals surface area contributed by atoms with Crippen molar-refractivity contribution in [3.05, 3.63) is 71.8 Å². The highest BCUT2D eigenvalue weighted by atomic mass is 35.5. The van der Waals surface area contributed by atoms with E-state index in [1.165, 1.54) is 0 Å². The number of benzene rings is 2. The fourth-order valence-corrected chi connectivity index (χ4v) is 1.06. The third-order valence-electron chi connectivity index (χ3n) is 1.87. The van der Waals surface area contributed by atoms with Crippen molar-refractivity contribution in [1.82, 2.24) is 6.15 Å². The van der Waals surface area contributed by atoms with Crippen molar-refractivity contribution < 1.29 is 9.59 Å². The van der Waals surface area contributed by atoms with Gasteiger partial charge in [0.05, 0.1) is 0 Å². The highest BCUT2D eigenvalue weighted by Crippen LogP contribution is 1.92. The molecule has 3 N–H and O–H groups in total. The van der Waals surface area contributed by atoms with Crippen LogP contribution in [-0.4, -0.2) is 12.6 Å². The highest BCUT2D eigenvalue weighted by molar-refractivity contribution is 5.85. The molecule has 0 saturated carbocycles. The summed E-state index contributed by atoms with van der Waals surface area (Å²) in [6.07, 6.45) is 1.67. The molecule has 0 fully saturated rings. The van der Waals surface area contributed by atoms with Gasteiger partial charge in [-0.05, 0) is 0 Å². The second kappa shape index (κ2) is 14.4. The summed E-state index contributed by atoms with van der Waals surface area (Å²) in [4.78, 5) is 20.0. The van der Waals surface area contributed by atoms with Gasteiger partial charge in [-0.2, -0.15) is 0 Å². The standard InChI is InChI=1S/2C7H6O.2ClH.H3N/c2*8-6-7-4-2-1-3-5-7;;;/h2*1-6H;2*1H;1H3. The Morgan fingerprint density at radius 1 is 0.579 bits per heavy atom. The maximum absolute atomic E-state index is 10.0. The fourth-order valence-electron chi connectivity index (χ4n) is 1.06. The zero-order chi connectivity index (χ0) is 11.6. The van der Waals surface area contributed by atoms with Crippen LogP contribution < -0.4 is 6.15 Å². The minimum Gasteiger partial charge on any atom is -0.344 e. The minimum absolute atomic E-state index is 0. The average molecular weight is 302 g/mol. The van der Waals surface area contributed by atoms with E-state index in [9.17, 15) is 9.59 Å². The number of carbonyl (C=O) groups excluding carboxylic acids is 2. The summed E-state index contributed by atoms with van der Waals surface area (Å²) in [5.41, 5.74) is 1.46. The lowest BCUT2D eigenvalue weighted by molar-refractivity contribution is 0.111. The summed E-state index contributed by atoms with van der Waals surface area (Å²) in [5, 5.41) is 0. The SMILES string of the molecule is Cl.Cl.N.O=Cc1ccccc1.O=Cc1ccccc1. The molecule has 0 bridgehead atoms. The smallest absolute Gasteiger partial charge is 0.150 e. The van der Waals surface area contributed by atoms with E-state index in [4.69, 9.17) is 0 Å². The van der Waals surface area contributed by atoms with Crippen LogP contribution in [0.4, 0.5) is 0 Å². The van der Waals surface area contributed by atoms with Gasteiger partial charge < -0.3 is 6.15 Å². The molecule has 0 heterocycles. The Morgan fingerprint density at radius 3 is 1.00 bits per heavy atom. The van der Waals surface area contributed by atoms with Crippen LogP contribution in [0, 0.1) is 0 Å². The average Bonchev–Trinajstić information content (AvgIpc) is 2.41. The largest absolute Gasteiger partial charge is 0.344 e. The van der Waals surface area contributed by atoms with Crippen LogP contribution >= 0.6 is 24.8 Å². The van der Waals surface area contributed by atoms with Gasteiger partial charge in [0.15, 0.2) is 0 Å². The number of aldehydes is 2. The van der Waals surface area contributed by atoms with Crippen molar-refractivity contribution >= 4 is 37.4 Å². The molecule has 0 aliphatic rings. The zero-order valence-corrected chi connectivity index (χ0v) is 11.9. The molecule has 0 aliphatic heterocycles. The Hall–Kier alpha value is -1.68. The van der Waals surface area contributed by atoms with E-state index in [-0.39, 0.29) is 31.0 Å². The summed E-state index contributed by atoms with van der Waals surface area (Å²) in [6.45, 7) is 0. The molecule has 2 rings (SSSR count). The lowest BCUT2D eigenvalue weighted by Gasteiger charge is -1.81. The van der Waals surface area contributed by atoms with Crippen LogP contribution in [0.2, 0.25) is 0 Å². The summed E-state index contributed by atoms with van der Waals surface area (Å²) in [5.74, 6) is 0. The summed E-state index contributed by atoms with van der Waals surface area (Å²) in [6, 6.07) is 18.2. The van der Waals surface area contributed by atoms with E-state index in [1.54, 1.807) is 24.3 Å². The first-order valence-electron chi connectivity index (χ1n) is 4.87. The van der Waals surface area contributed by atoms with Crippen LogP contribution in [-0.2, 0) is 0 Å². The summed E-state index contributed by atoms with van der Waals surface area (Å²) >= 11 is 0. The quantitative estimate of drug-likeness (QED) is 0.852. The third-order valence-corrected chi connectivity index (χ3v) is 1.87. The van der Waals surface area contributed by atoms with Gasteiger partial charge in [0.1, 0.15) is 12.6 Å². The van der Waals surface area contributed by atoms with Crippen molar-refractivity contribution in [3.8, 4) is 0 Å². The number of hydrogen-bond donors (Lipinski definition) is 1. The van der Waals surface area contributed by atoms with Gasteiger partial charge in [-0.15, -0.1) is 24.8 Å². The second-order valence-corrected chi connectivity index (χ2v) is 3.06. The molecule has 0 aliphatic carbocycles. The zero-order valence-electron chi connectivity index (χ0n) is 10.3. The summed E-state index contributed by atoms with van der Waals surface area (Å²) < 4.78 is 0. The molecule has 0 radical (unpaired) electrons. The van der Waals surface area contributed by atoms with Gasteiger partial charge in [-0.25, -0.2) is 0 Å². The Bertz CT molecular complexity index is 392. The minimum atomic E-state index is 0. The number of halogens is 2. The lowest BCUT2D eigenvalue weighted by Crippen LogP contribution is -1.73. The maximum atomic E-state index is 10.0. The van der Waals surface area contributed by atoms with Crippen LogP contribution in [0.25, 0.3) is 0 Å². The van der Waals surface area contributed by atoms with Gasteiger partial charge in [0, 0.05) is 11.1 Å². The first-order valence-corrected chi connectivity index (χ1v) is 4.87. The molecule has 0 saturated heterocycles. The molecule has 0 unspecified atom stereocenters. The molecule has 0 amide bonds. The molecule has 2 aromatic rings. The maximum Gasteiger partial charge on any atom is 0.150 e. The lowest BCUT2D eigenvalue weighted by atomic mass is 10.2. The van der Waals surface area contributed by atoms with Gasteiger partial charge in [-0.1, -0.05) is 60.7 Å². The predicted octanol–water partition coefficient (Wildman–Crippen LogP) is 4.00. The molecule has 3 nitrogen and oxygen atoms in total. The molecule has 104 valence electrons.